The van der Waals surface area contributed by atoms with E-state index in [2.05, 4.69) is 33.2 Å². The average Bonchev–Trinajstić information content (AvgIpc) is 2.76. The van der Waals surface area contributed by atoms with Gasteiger partial charge in [-0.1, -0.05) is 15.9 Å². The van der Waals surface area contributed by atoms with Gasteiger partial charge in [-0.05, 0) is 50.7 Å². The van der Waals surface area contributed by atoms with Crippen LogP contribution in [0.5, 0.6) is 0 Å². The zero-order valence-electron chi connectivity index (χ0n) is 10.0. The van der Waals surface area contributed by atoms with Crippen molar-refractivity contribution in [1.29, 1.82) is 0 Å². The molecule has 0 spiro atoms. The van der Waals surface area contributed by atoms with Crippen molar-refractivity contribution >= 4 is 15.9 Å². The van der Waals surface area contributed by atoms with E-state index in [9.17, 15) is 4.39 Å². The second-order valence-electron chi connectivity index (χ2n) is 4.79. The van der Waals surface area contributed by atoms with Crippen molar-refractivity contribution in [3.05, 3.63) is 34.1 Å². The largest absolute Gasteiger partial charge is 0.316 e. The van der Waals surface area contributed by atoms with Crippen LogP contribution in [-0.4, -0.2) is 31.6 Å². The predicted octanol–water partition coefficient (Wildman–Crippen LogP) is 2.63. The lowest BCUT2D eigenvalue weighted by atomic mass is 10.1. The average molecular weight is 301 g/mol. The monoisotopic (exact) mass is 300 g/mol. The van der Waals surface area contributed by atoms with Crippen LogP contribution in [0.1, 0.15) is 12.0 Å². The van der Waals surface area contributed by atoms with E-state index in [1.165, 1.54) is 12.5 Å². The minimum absolute atomic E-state index is 0.121. The summed E-state index contributed by atoms with van der Waals surface area (Å²) in [7, 11) is 2.05. The molecule has 1 aliphatic heterocycles. The Morgan fingerprint density at radius 2 is 2.35 bits per heavy atom. The number of hydrogen-bond acceptors (Lipinski definition) is 2. The Kier molecular flexibility index (Phi) is 4.54. The minimum Gasteiger partial charge on any atom is -0.316 e. The first-order valence-electron chi connectivity index (χ1n) is 5.98. The van der Waals surface area contributed by atoms with E-state index in [1.807, 2.05) is 6.07 Å². The number of benzene rings is 1. The quantitative estimate of drug-likeness (QED) is 0.920. The molecule has 1 heterocycles. The van der Waals surface area contributed by atoms with Crippen molar-refractivity contribution in [1.82, 2.24) is 10.2 Å². The Morgan fingerprint density at radius 3 is 3.06 bits per heavy atom. The van der Waals surface area contributed by atoms with Gasteiger partial charge in [0.2, 0.25) is 0 Å². The van der Waals surface area contributed by atoms with Crippen LogP contribution in [0.3, 0.4) is 0 Å². The summed E-state index contributed by atoms with van der Waals surface area (Å²) in [6.07, 6.45) is 1.23. The van der Waals surface area contributed by atoms with Crippen molar-refractivity contribution in [2.45, 2.75) is 13.0 Å². The third-order valence-electron chi connectivity index (χ3n) is 3.18. The third-order valence-corrected chi connectivity index (χ3v) is 3.67. The molecule has 0 bridgehead atoms. The maximum atomic E-state index is 13.6. The van der Waals surface area contributed by atoms with Gasteiger partial charge in [0, 0.05) is 23.1 Å². The lowest BCUT2D eigenvalue weighted by Crippen LogP contribution is -2.27. The molecule has 1 N–H and O–H groups in total. The molecule has 1 aromatic carbocycles. The first kappa shape index (κ1) is 13.0. The molecule has 1 saturated heterocycles. The highest BCUT2D eigenvalue weighted by Gasteiger charge is 2.17. The normalized spacial score (nSPS) is 20.1. The van der Waals surface area contributed by atoms with Crippen molar-refractivity contribution in [3.63, 3.8) is 0 Å². The summed E-state index contributed by atoms with van der Waals surface area (Å²) in [5, 5.41) is 3.35. The highest BCUT2D eigenvalue weighted by atomic mass is 79.9. The highest BCUT2D eigenvalue weighted by molar-refractivity contribution is 9.10. The summed E-state index contributed by atoms with van der Waals surface area (Å²) in [5.41, 5.74) is 0.757. The zero-order valence-corrected chi connectivity index (χ0v) is 11.6. The van der Waals surface area contributed by atoms with Gasteiger partial charge in [0.15, 0.2) is 0 Å². The maximum absolute atomic E-state index is 13.6. The van der Waals surface area contributed by atoms with Gasteiger partial charge < -0.3 is 10.2 Å². The van der Waals surface area contributed by atoms with Crippen LogP contribution >= 0.6 is 15.9 Å². The van der Waals surface area contributed by atoms with Crippen molar-refractivity contribution in [2.24, 2.45) is 5.92 Å². The lowest BCUT2D eigenvalue weighted by Gasteiger charge is -2.20. The Morgan fingerprint density at radius 1 is 1.53 bits per heavy atom. The number of rotatable bonds is 4. The van der Waals surface area contributed by atoms with E-state index in [-0.39, 0.29) is 5.82 Å². The molecule has 1 unspecified atom stereocenters. The van der Waals surface area contributed by atoms with Crippen LogP contribution in [0.4, 0.5) is 4.39 Å². The van der Waals surface area contributed by atoms with Gasteiger partial charge in [-0.25, -0.2) is 4.39 Å². The van der Waals surface area contributed by atoms with Crippen LogP contribution in [0.15, 0.2) is 22.7 Å². The molecule has 0 aliphatic carbocycles. The molecular formula is C13H18BrFN2. The second-order valence-corrected chi connectivity index (χ2v) is 5.71. The fourth-order valence-electron chi connectivity index (χ4n) is 2.33. The summed E-state index contributed by atoms with van der Waals surface area (Å²) in [4.78, 5) is 2.20. The fraction of sp³-hybridized carbons (Fsp3) is 0.538. The molecule has 0 aromatic heterocycles. The summed E-state index contributed by atoms with van der Waals surface area (Å²) >= 11 is 3.38. The Bertz CT molecular complexity index is 378. The molecule has 1 fully saturated rings. The molecular weight excluding hydrogens is 283 g/mol. The molecule has 2 rings (SSSR count). The maximum Gasteiger partial charge on any atom is 0.127 e. The molecule has 1 aliphatic rings. The van der Waals surface area contributed by atoms with Crippen molar-refractivity contribution in [2.75, 3.05) is 26.7 Å². The molecule has 1 aromatic rings. The molecule has 0 amide bonds. The topological polar surface area (TPSA) is 15.3 Å². The smallest absolute Gasteiger partial charge is 0.127 e. The fourth-order valence-corrected chi connectivity index (χ4v) is 2.74. The number of halogens is 2. The SMILES string of the molecule is CN(Cc1cc(Br)ccc1F)CC1CCNC1. The van der Waals surface area contributed by atoms with Gasteiger partial charge in [0.1, 0.15) is 5.82 Å². The van der Waals surface area contributed by atoms with Gasteiger partial charge in [0.25, 0.3) is 0 Å². The number of nitrogens with zero attached hydrogens (tertiary/aromatic N) is 1. The highest BCUT2D eigenvalue weighted by Crippen LogP contribution is 2.18. The first-order chi connectivity index (χ1) is 8.15. The molecule has 17 heavy (non-hydrogen) atoms. The summed E-state index contributed by atoms with van der Waals surface area (Å²) < 4.78 is 14.5. The molecule has 0 saturated carbocycles. The van der Waals surface area contributed by atoms with Crippen LogP contribution < -0.4 is 5.32 Å². The number of nitrogens with one attached hydrogen (secondary N) is 1. The van der Waals surface area contributed by atoms with Crippen LogP contribution in [0.25, 0.3) is 0 Å². The molecule has 0 radical (unpaired) electrons. The summed E-state index contributed by atoms with van der Waals surface area (Å²) in [5.74, 6) is 0.583. The van der Waals surface area contributed by atoms with Gasteiger partial charge in [-0.15, -0.1) is 0 Å². The molecule has 94 valence electrons. The van der Waals surface area contributed by atoms with E-state index in [0.29, 0.717) is 12.5 Å². The van der Waals surface area contributed by atoms with Crippen LogP contribution in [0.2, 0.25) is 0 Å². The lowest BCUT2D eigenvalue weighted by molar-refractivity contribution is 0.275. The van der Waals surface area contributed by atoms with Gasteiger partial charge in [0.05, 0.1) is 0 Å². The van der Waals surface area contributed by atoms with Crippen LogP contribution in [-0.2, 0) is 6.54 Å². The first-order valence-corrected chi connectivity index (χ1v) is 6.77. The Labute approximate surface area is 110 Å². The molecule has 4 heteroatoms. The Hall–Kier alpha value is -0.450. The van der Waals surface area contributed by atoms with E-state index in [1.54, 1.807) is 6.07 Å². The van der Waals surface area contributed by atoms with Crippen molar-refractivity contribution < 1.29 is 4.39 Å². The Balaban J connectivity index is 1.92. The van der Waals surface area contributed by atoms with E-state index < -0.39 is 0 Å². The van der Waals surface area contributed by atoms with E-state index >= 15 is 0 Å². The summed E-state index contributed by atoms with van der Waals surface area (Å²) in [6.45, 7) is 3.90. The summed E-state index contributed by atoms with van der Waals surface area (Å²) in [6, 6.07) is 5.11. The van der Waals surface area contributed by atoms with Gasteiger partial charge in [-0.3, -0.25) is 0 Å². The minimum atomic E-state index is -0.121. The third kappa shape index (κ3) is 3.76. The van der Waals surface area contributed by atoms with Gasteiger partial charge >= 0.3 is 0 Å². The molecule has 1 atom stereocenters. The molecule has 2 nitrogen and oxygen atoms in total. The standard InChI is InChI=1S/C13H18BrFN2/c1-17(8-10-4-5-16-7-10)9-11-6-12(14)2-3-13(11)15/h2-3,6,10,16H,4-5,7-9H2,1H3. The second kappa shape index (κ2) is 5.94. The predicted molar refractivity (Wildman–Crippen MR) is 71.4 cm³/mol. The van der Waals surface area contributed by atoms with Crippen molar-refractivity contribution in [3.8, 4) is 0 Å². The van der Waals surface area contributed by atoms with Crippen LogP contribution in [0, 0.1) is 11.7 Å². The number of hydrogen-bond donors (Lipinski definition) is 1. The van der Waals surface area contributed by atoms with Gasteiger partial charge in [-0.2, -0.15) is 0 Å². The van der Waals surface area contributed by atoms with E-state index in [0.717, 1.165) is 29.7 Å². The zero-order chi connectivity index (χ0) is 12.3. The van der Waals surface area contributed by atoms with E-state index in [4.69, 9.17) is 0 Å².